The quantitative estimate of drug-likeness (QED) is 0.121. The Balaban J connectivity index is 1.75. The zero-order valence-corrected chi connectivity index (χ0v) is 24.4. The molecule has 0 saturated heterocycles. The number of carbonyl (C=O) groups excluding carboxylic acids is 1. The summed E-state index contributed by atoms with van der Waals surface area (Å²) in [5, 5.41) is 0. The van der Waals surface area contributed by atoms with Gasteiger partial charge in [-0.05, 0) is 87.8 Å². The molecule has 0 radical (unpaired) electrons. The maximum absolute atomic E-state index is 11.5. The van der Waals surface area contributed by atoms with Crippen LogP contribution in [0.15, 0.2) is 33.6 Å². The van der Waals surface area contributed by atoms with Crippen LogP contribution in [0, 0.1) is 11.8 Å². The topological polar surface area (TPSA) is 48.7 Å². The fraction of sp³-hybridized carbons (Fsp3) is 0.594. The Labute approximate surface area is 228 Å². The van der Waals surface area contributed by atoms with Crippen molar-refractivity contribution in [2.75, 3.05) is 12.4 Å². The van der Waals surface area contributed by atoms with Crippen LogP contribution in [0.25, 0.3) is 0 Å². The van der Waals surface area contributed by atoms with Crippen molar-refractivity contribution in [2.24, 2.45) is 0 Å². The molecule has 1 aromatic heterocycles. The molecule has 0 amide bonds. The first-order chi connectivity index (χ1) is 17.6. The predicted octanol–water partition coefficient (Wildman–Crippen LogP) is 8.47. The molecule has 0 bridgehead atoms. The molecule has 0 saturated carbocycles. The summed E-state index contributed by atoms with van der Waals surface area (Å²) in [4.78, 5) is 12.7. The number of esters is 1. The fourth-order valence-corrected chi connectivity index (χ4v) is 6.13. The van der Waals surface area contributed by atoms with Crippen LogP contribution in [-0.4, -0.2) is 23.9 Å². The molecular formula is C32H44O4S. The van der Waals surface area contributed by atoms with Gasteiger partial charge in [0.15, 0.2) is 5.76 Å². The standard InChI is InChI=1S/C32H44O4S/c1-7-9-10-13-20-37-29-22-28-27(31(3,4)23-32(5,6)36-28)21-24(29)16-17-26-19-18-25(35-26)14-11-12-15-30(33)34-8-2/h18-19,21-22H,7-15,20,23H2,1-6H3. The summed E-state index contributed by atoms with van der Waals surface area (Å²) in [7, 11) is 0. The van der Waals surface area contributed by atoms with Gasteiger partial charge >= 0.3 is 5.97 Å². The van der Waals surface area contributed by atoms with Crippen LogP contribution in [0.1, 0.15) is 116 Å². The van der Waals surface area contributed by atoms with Crippen molar-refractivity contribution in [3.8, 4) is 17.6 Å². The molecule has 37 heavy (non-hydrogen) atoms. The third-order valence-electron chi connectivity index (χ3n) is 6.66. The average Bonchev–Trinajstić information content (AvgIpc) is 3.27. The minimum Gasteiger partial charge on any atom is -0.487 e. The lowest BCUT2D eigenvalue weighted by Crippen LogP contribution is -2.41. The van der Waals surface area contributed by atoms with Crippen LogP contribution < -0.4 is 4.74 Å². The molecule has 0 unspecified atom stereocenters. The first kappa shape index (κ1) is 29.2. The molecule has 3 rings (SSSR count). The van der Waals surface area contributed by atoms with Gasteiger partial charge < -0.3 is 13.9 Å². The molecule has 2 aromatic rings. The third kappa shape index (κ3) is 8.88. The van der Waals surface area contributed by atoms with Gasteiger partial charge in [0.2, 0.25) is 0 Å². The molecule has 2 heterocycles. The lowest BCUT2D eigenvalue weighted by Gasteiger charge is -2.42. The van der Waals surface area contributed by atoms with Crippen molar-refractivity contribution in [1.82, 2.24) is 0 Å². The number of furan rings is 1. The highest BCUT2D eigenvalue weighted by Crippen LogP contribution is 2.46. The van der Waals surface area contributed by atoms with Gasteiger partial charge in [-0.3, -0.25) is 4.79 Å². The van der Waals surface area contributed by atoms with E-state index in [0.29, 0.717) is 18.8 Å². The second kappa shape index (κ2) is 13.5. The van der Waals surface area contributed by atoms with Crippen molar-refractivity contribution in [3.05, 3.63) is 46.9 Å². The number of thioether (sulfide) groups is 1. The van der Waals surface area contributed by atoms with Gasteiger partial charge in [0.05, 0.1) is 6.61 Å². The maximum Gasteiger partial charge on any atom is 0.305 e. The molecule has 0 aliphatic carbocycles. The van der Waals surface area contributed by atoms with E-state index < -0.39 is 0 Å². The van der Waals surface area contributed by atoms with E-state index in [9.17, 15) is 4.79 Å². The second-order valence-corrected chi connectivity index (χ2v) is 12.3. The number of benzene rings is 1. The Hall–Kier alpha value is -2.32. The molecule has 0 spiro atoms. The van der Waals surface area contributed by atoms with Gasteiger partial charge in [0.25, 0.3) is 0 Å². The highest BCUT2D eigenvalue weighted by molar-refractivity contribution is 7.99. The van der Waals surface area contributed by atoms with E-state index in [1.165, 1.54) is 36.1 Å². The summed E-state index contributed by atoms with van der Waals surface area (Å²) in [5.41, 5.74) is 2.10. The van der Waals surface area contributed by atoms with E-state index in [1.54, 1.807) is 0 Å². The Morgan fingerprint density at radius 2 is 1.84 bits per heavy atom. The summed E-state index contributed by atoms with van der Waals surface area (Å²) < 4.78 is 17.4. The largest absolute Gasteiger partial charge is 0.487 e. The summed E-state index contributed by atoms with van der Waals surface area (Å²) >= 11 is 1.88. The van der Waals surface area contributed by atoms with Crippen molar-refractivity contribution in [2.45, 2.75) is 115 Å². The molecule has 0 atom stereocenters. The Bertz CT molecular complexity index is 1100. The number of aryl methyl sites for hydroxylation is 1. The van der Waals surface area contributed by atoms with Gasteiger partial charge in [-0.2, -0.15) is 0 Å². The Morgan fingerprint density at radius 1 is 1.03 bits per heavy atom. The van der Waals surface area contributed by atoms with Crippen LogP contribution in [0.2, 0.25) is 0 Å². The van der Waals surface area contributed by atoms with Crippen LogP contribution in [-0.2, 0) is 21.4 Å². The fourth-order valence-electron chi connectivity index (χ4n) is 5.11. The van der Waals surface area contributed by atoms with Crippen LogP contribution in [0.4, 0.5) is 0 Å². The Kier molecular flexibility index (Phi) is 10.6. The SMILES string of the molecule is CCCCCCSc1cc2c(cc1C#Cc1ccc(CCCCC(=O)OCC)o1)C(C)(C)CC(C)(C)O2. The minimum absolute atomic E-state index is 0.0131. The highest BCUT2D eigenvalue weighted by atomic mass is 32.2. The van der Waals surface area contributed by atoms with Gasteiger partial charge in [0.1, 0.15) is 17.1 Å². The average molecular weight is 525 g/mol. The number of carbonyl (C=O) groups is 1. The zero-order valence-electron chi connectivity index (χ0n) is 23.6. The molecule has 1 aliphatic rings. The van der Waals surface area contributed by atoms with Gasteiger partial charge in [0, 0.05) is 28.9 Å². The lowest BCUT2D eigenvalue weighted by molar-refractivity contribution is -0.143. The molecular weight excluding hydrogens is 480 g/mol. The number of rotatable bonds is 12. The van der Waals surface area contributed by atoms with E-state index in [0.717, 1.165) is 48.5 Å². The maximum atomic E-state index is 11.5. The molecule has 0 fully saturated rings. The van der Waals surface area contributed by atoms with E-state index in [-0.39, 0.29) is 17.0 Å². The van der Waals surface area contributed by atoms with Crippen molar-refractivity contribution >= 4 is 17.7 Å². The van der Waals surface area contributed by atoms with Crippen molar-refractivity contribution in [1.29, 1.82) is 0 Å². The lowest BCUT2D eigenvalue weighted by atomic mass is 9.73. The number of ether oxygens (including phenoxy) is 2. The van der Waals surface area contributed by atoms with E-state index in [4.69, 9.17) is 13.9 Å². The van der Waals surface area contributed by atoms with Crippen LogP contribution in [0.5, 0.6) is 5.75 Å². The number of fused-ring (bicyclic) bond motifs is 1. The van der Waals surface area contributed by atoms with E-state index >= 15 is 0 Å². The molecule has 0 N–H and O–H groups in total. The summed E-state index contributed by atoms with van der Waals surface area (Å²) in [5.74, 6) is 10.2. The van der Waals surface area contributed by atoms with Gasteiger partial charge in [-0.25, -0.2) is 0 Å². The first-order valence-electron chi connectivity index (χ1n) is 13.9. The zero-order chi connectivity index (χ0) is 26.9. The molecule has 1 aliphatic heterocycles. The monoisotopic (exact) mass is 524 g/mol. The highest BCUT2D eigenvalue weighted by Gasteiger charge is 2.39. The minimum atomic E-state index is -0.187. The third-order valence-corrected chi connectivity index (χ3v) is 7.80. The van der Waals surface area contributed by atoms with Gasteiger partial charge in [-0.1, -0.05) is 46.0 Å². The van der Waals surface area contributed by atoms with E-state index in [1.807, 2.05) is 30.8 Å². The second-order valence-electron chi connectivity index (χ2n) is 11.2. The summed E-state index contributed by atoms with van der Waals surface area (Å²) in [6.45, 7) is 13.5. The van der Waals surface area contributed by atoms with Crippen LogP contribution in [0.3, 0.4) is 0 Å². The number of hydrogen-bond acceptors (Lipinski definition) is 5. The number of unbranched alkanes of at least 4 members (excludes halogenated alkanes) is 4. The summed E-state index contributed by atoms with van der Waals surface area (Å²) in [6, 6.07) is 8.39. The van der Waals surface area contributed by atoms with Crippen LogP contribution >= 0.6 is 11.8 Å². The summed E-state index contributed by atoms with van der Waals surface area (Å²) in [6.07, 6.45) is 8.88. The smallest absolute Gasteiger partial charge is 0.305 e. The number of hydrogen-bond donors (Lipinski definition) is 0. The normalized spacial score (nSPS) is 15.3. The molecule has 202 valence electrons. The van der Waals surface area contributed by atoms with E-state index in [2.05, 4.69) is 58.6 Å². The Morgan fingerprint density at radius 3 is 2.59 bits per heavy atom. The van der Waals surface area contributed by atoms with Crippen molar-refractivity contribution < 1.29 is 18.7 Å². The van der Waals surface area contributed by atoms with Gasteiger partial charge in [-0.15, -0.1) is 11.8 Å². The molecule has 1 aromatic carbocycles. The van der Waals surface area contributed by atoms with Crippen molar-refractivity contribution in [3.63, 3.8) is 0 Å². The molecule has 4 nitrogen and oxygen atoms in total. The first-order valence-corrected chi connectivity index (χ1v) is 14.9. The molecule has 5 heteroatoms. The predicted molar refractivity (Wildman–Crippen MR) is 153 cm³/mol.